The zero-order valence-electron chi connectivity index (χ0n) is 17.6. The van der Waals surface area contributed by atoms with E-state index in [4.69, 9.17) is 44.9 Å². The first kappa shape index (κ1) is 23.6. The van der Waals surface area contributed by atoms with Gasteiger partial charge in [-0.2, -0.15) is 0 Å². The number of anilines is 1. The van der Waals surface area contributed by atoms with Crippen molar-refractivity contribution in [2.24, 2.45) is 0 Å². The second-order valence-corrected chi connectivity index (χ2v) is 9.60. The Labute approximate surface area is 212 Å². The number of hydrogen-bond acceptors (Lipinski definition) is 5. The lowest BCUT2D eigenvalue weighted by Crippen LogP contribution is -2.27. The number of thioether (sulfide) groups is 1. The molecular weight excluding hydrogens is 497 g/mol. The van der Waals surface area contributed by atoms with Crippen LogP contribution in [0, 0.1) is 0 Å². The number of halogens is 2. The Morgan fingerprint density at radius 1 is 0.970 bits per heavy atom. The summed E-state index contributed by atoms with van der Waals surface area (Å²) in [6.45, 7) is 2.78. The average molecular weight is 516 g/mol. The van der Waals surface area contributed by atoms with Crippen molar-refractivity contribution < 1.29 is 14.3 Å². The number of carbonyl (C=O) groups excluding carboxylic acids is 1. The highest BCUT2D eigenvalue weighted by atomic mass is 35.5. The Morgan fingerprint density at radius 2 is 1.76 bits per heavy atom. The molecule has 0 atom stereocenters. The lowest BCUT2D eigenvalue weighted by Gasteiger charge is -2.14. The summed E-state index contributed by atoms with van der Waals surface area (Å²) in [5.41, 5.74) is 2.45. The van der Waals surface area contributed by atoms with E-state index >= 15 is 0 Å². The van der Waals surface area contributed by atoms with Crippen molar-refractivity contribution in [1.29, 1.82) is 0 Å². The van der Waals surface area contributed by atoms with E-state index < -0.39 is 0 Å². The summed E-state index contributed by atoms with van der Waals surface area (Å²) >= 11 is 18.7. The van der Waals surface area contributed by atoms with E-state index in [0.29, 0.717) is 49.7 Å². The topological polar surface area (TPSA) is 38.8 Å². The lowest BCUT2D eigenvalue weighted by molar-refractivity contribution is -0.113. The summed E-state index contributed by atoms with van der Waals surface area (Å²) in [7, 11) is 0. The molecule has 3 aromatic carbocycles. The molecule has 0 aliphatic carbocycles. The molecule has 0 aromatic heterocycles. The van der Waals surface area contributed by atoms with Gasteiger partial charge in [0.05, 0.1) is 17.2 Å². The molecule has 1 fully saturated rings. The minimum absolute atomic E-state index is 0.187. The molecule has 168 valence electrons. The van der Waals surface area contributed by atoms with Crippen molar-refractivity contribution >= 4 is 69.2 Å². The summed E-state index contributed by atoms with van der Waals surface area (Å²) in [6, 6.07) is 20.1. The van der Waals surface area contributed by atoms with Crippen LogP contribution in [-0.4, -0.2) is 16.8 Å². The largest absolute Gasteiger partial charge is 0.490 e. The maximum absolute atomic E-state index is 13.0. The number of rotatable bonds is 7. The monoisotopic (exact) mass is 515 g/mol. The van der Waals surface area contributed by atoms with Crippen molar-refractivity contribution in [3.63, 3.8) is 0 Å². The molecular formula is C25H19Cl2NO3S2. The predicted molar refractivity (Wildman–Crippen MR) is 140 cm³/mol. The van der Waals surface area contributed by atoms with Gasteiger partial charge in [0.1, 0.15) is 6.61 Å². The van der Waals surface area contributed by atoms with Crippen molar-refractivity contribution in [3.05, 3.63) is 92.8 Å². The van der Waals surface area contributed by atoms with Gasteiger partial charge in [-0.05, 0) is 66.6 Å². The maximum Gasteiger partial charge on any atom is 0.270 e. The molecule has 0 N–H and O–H groups in total. The van der Waals surface area contributed by atoms with E-state index in [-0.39, 0.29) is 5.91 Å². The number of thiocarbonyl (C=S) groups is 1. The van der Waals surface area contributed by atoms with Gasteiger partial charge < -0.3 is 9.47 Å². The van der Waals surface area contributed by atoms with E-state index in [1.54, 1.807) is 30.3 Å². The van der Waals surface area contributed by atoms with Gasteiger partial charge in [0.25, 0.3) is 5.91 Å². The number of hydrogen-bond donors (Lipinski definition) is 0. The molecule has 1 aliphatic rings. The van der Waals surface area contributed by atoms with E-state index in [2.05, 4.69) is 0 Å². The normalized spacial score (nSPS) is 14.8. The molecule has 3 aromatic rings. The molecule has 8 heteroatoms. The van der Waals surface area contributed by atoms with Crippen molar-refractivity contribution in [2.45, 2.75) is 13.5 Å². The predicted octanol–water partition coefficient (Wildman–Crippen LogP) is 7.38. The molecule has 0 unspecified atom stereocenters. The van der Waals surface area contributed by atoms with Crippen LogP contribution < -0.4 is 14.4 Å². The van der Waals surface area contributed by atoms with Crippen LogP contribution in [0.2, 0.25) is 10.0 Å². The van der Waals surface area contributed by atoms with Crippen molar-refractivity contribution in [3.8, 4) is 11.5 Å². The SMILES string of the molecule is CCOc1cc(C=C2SC(=S)N(c3cccc(Cl)c3)C2=O)ccc1OCc1ccc(Cl)cc1. The molecule has 0 spiro atoms. The quantitative estimate of drug-likeness (QED) is 0.242. The van der Waals surface area contributed by atoms with Crippen LogP contribution in [0.15, 0.2) is 71.6 Å². The molecule has 4 rings (SSSR count). The van der Waals surface area contributed by atoms with E-state index in [0.717, 1.165) is 11.1 Å². The minimum atomic E-state index is -0.187. The third-order valence-corrected chi connectivity index (χ3v) is 6.52. The van der Waals surface area contributed by atoms with Crippen molar-refractivity contribution in [2.75, 3.05) is 11.5 Å². The minimum Gasteiger partial charge on any atom is -0.490 e. The third-order valence-electron chi connectivity index (χ3n) is 4.73. The second-order valence-electron chi connectivity index (χ2n) is 7.05. The molecule has 0 bridgehead atoms. The Kier molecular flexibility index (Phi) is 7.60. The fourth-order valence-electron chi connectivity index (χ4n) is 3.20. The van der Waals surface area contributed by atoms with Crippen LogP contribution in [0.1, 0.15) is 18.1 Å². The molecule has 4 nitrogen and oxygen atoms in total. The van der Waals surface area contributed by atoms with Crippen LogP contribution in [0.4, 0.5) is 5.69 Å². The molecule has 1 aliphatic heterocycles. The fraction of sp³-hybridized carbons (Fsp3) is 0.120. The van der Waals surface area contributed by atoms with Gasteiger partial charge in [-0.15, -0.1) is 0 Å². The zero-order valence-corrected chi connectivity index (χ0v) is 20.7. The highest BCUT2D eigenvalue weighted by molar-refractivity contribution is 8.27. The molecule has 1 saturated heterocycles. The highest BCUT2D eigenvalue weighted by Crippen LogP contribution is 2.38. The first-order valence-electron chi connectivity index (χ1n) is 10.1. The fourth-order valence-corrected chi connectivity index (χ4v) is 4.81. The summed E-state index contributed by atoms with van der Waals surface area (Å²) < 4.78 is 12.2. The summed E-state index contributed by atoms with van der Waals surface area (Å²) in [5, 5.41) is 1.22. The molecule has 0 saturated carbocycles. The first-order valence-corrected chi connectivity index (χ1v) is 12.1. The molecule has 1 heterocycles. The number of benzene rings is 3. The molecule has 33 heavy (non-hydrogen) atoms. The van der Waals surface area contributed by atoms with Crippen LogP contribution in [0.5, 0.6) is 11.5 Å². The van der Waals surface area contributed by atoms with Gasteiger partial charge in [0.15, 0.2) is 15.8 Å². The smallest absolute Gasteiger partial charge is 0.270 e. The standard InChI is InChI=1S/C25H19Cl2NO3S2/c1-2-30-22-12-17(8-11-21(22)31-15-16-6-9-18(26)10-7-16)13-23-24(29)28(25(32)33-23)20-5-3-4-19(27)14-20/h3-14H,2,15H2,1H3. The summed E-state index contributed by atoms with van der Waals surface area (Å²) in [6.07, 6.45) is 1.80. The van der Waals surface area contributed by atoms with E-state index in [1.807, 2.05) is 49.4 Å². The third kappa shape index (κ3) is 5.71. The Hall–Kier alpha value is -2.51. The number of nitrogens with zero attached hydrogens (tertiary/aromatic N) is 1. The van der Waals surface area contributed by atoms with Crippen LogP contribution in [0.25, 0.3) is 6.08 Å². The Bertz CT molecular complexity index is 1230. The number of amides is 1. The van der Waals surface area contributed by atoms with Gasteiger partial charge in [-0.25, -0.2) is 0 Å². The number of ether oxygens (including phenoxy) is 2. The highest BCUT2D eigenvalue weighted by Gasteiger charge is 2.33. The summed E-state index contributed by atoms with van der Waals surface area (Å²) in [4.78, 5) is 15.0. The molecule has 0 radical (unpaired) electrons. The van der Waals surface area contributed by atoms with Gasteiger partial charge in [0, 0.05) is 10.0 Å². The maximum atomic E-state index is 13.0. The molecule has 1 amide bonds. The first-order chi connectivity index (χ1) is 15.9. The Balaban J connectivity index is 1.55. The van der Waals surface area contributed by atoms with Crippen LogP contribution in [-0.2, 0) is 11.4 Å². The zero-order chi connectivity index (χ0) is 23.4. The van der Waals surface area contributed by atoms with Gasteiger partial charge in [-0.3, -0.25) is 9.69 Å². The van der Waals surface area contributed by atoms with Crippen molar-refractivity contribution in [1.82, 2.24) is 0 Å². The van der Waals surface area contributed by atoms with Gasteiger partial charge in [0.2, 0.25) is 0 Å². The average Bonchev–Trinajstić information content (AvgIpc) is 3.07. The lowest BCUT2D eigenvalue weighted by atomic mass is 10.1. The van der Waals surface area contributed by atoms with E-state index in [9.17, 15) is 4.79 Å². The van der Waals surface area contributed by atoms with Gasteiger partial charge in [-0.1, -0.05) is 71.4 Å². The second kappa shape index (κ2) is 10.6. The Morgan fingerprint density at radius 3 is 2.48 bits per heavy atom. The number of carbonyl (C=O) groups is 1. The summed E-state index contributed by atoms with van der Waals surface area (Å²) in [5.74, 6) is 1.04. The van der Waals surface area contributed by atoms with Crippen LogP contribution in [0.3, 0.4) is 0 Å². The van der Waals surface area contributed by atoms with Gasteiger partial charge >= 0.3 is 0 Å². The van der Waals surface area contributed by atoms with E-state index in [1.165, 1.54) is 16.7 Å². The van der Waals surface area contributed by atoms with Crippen LogP contribution >= 0.6 is 47.2 Å².